The van der Waals surface area contributed by atoms with Crippen molar-refractivity contribution < 1.29 is 25.5 Å². The van der Waals surface area contributed by atoms with Crippen LogP contribution in [0.25, 0.3) is 0 Å². The molecule has 5 nitrogen and oxygen atoms in total. The number of aromatic hydroxyl groups is 1. The van der Waals surface area contributed by atoms with E-state index in [1.807, 2.05) is 12.1 Å². The summed E-state index contributed by atoms with van der Waals surface area (Å²) in [6, 6.07) is 6.05. The summed E-state index contributed by atoms with van der Waals surface area (Å²) in [6.07, 6.45) is 6.94. The number of rotatable bonds is 10. The molecule has 0 bridgehead atoms. The summed E-state index contributed by atoms with van der Waals surface area (Å²) >= 11 is 0. The van der Waals surface area contributed by atoms with Crippen molar-refractivity contribution in [3.05, 3.63) is 29.3 Å². The molecule has 0 aliphatic heterocycles. The first-order valence-electron chi connectivity index (χ1n) is 8.76. The van der Waals surface area contributed by atoms with Crippen LogP contribution in [0, 0.1) is 5.41 Å². The van der Waals surface area contributed by atoms with Crippen molar-refractivity contribution in [2.45, 2.75) is 52.4 Å². The van der Waals surface area contributed by atoms with Gasteiger partial charge < -0.3 is 25.5 Å². The lowest BCUT2D eigenvalue weighted by Crippen LogP contribution is -2.37. The van der Waals surface area contributed by atoms with E-state index in [2.05, 4.69) is 19.9 Å². The van der Waals surface area contributed by atoms with Crippen LogP contribution in [-0.2, 0) is 12.8 Å². The quantitative estimate of drug-likeness (QED) is 0.448. The van der Waals surface area contributed by atoms with Gasteiger partial charge in [-0.15, -0.1) is 0 Å². The maximum atomic E-state index is 9.69. The first-order chi connectivity index (χ1) is 11.5. The highest BCUT2D eigenvalue weighted by atomic mass is 16.3. The first kappa shape index (κ1) is 22.9. The van der Waals surface area contributed by atoms with Crippen LogP contribution in [0.4, 0.5) is 0 Å². The van der Waals surface area contributed by atoms with Crippen LogP contribution in [0.2, 0.25) is 0 Å². The molecule has 0 amide bonds. The van der Waals surface area contributed by atoms with Gasteiger partial charge in [0.05, 0.1) is 31.8 Å². The molecule has 0 saturated carbocycles. The Balaban J connectivity index is 0.000000506. The Kier molecular flexibility index (Phi) is 12.6. The van der Waals surface area contributed by atoms with Crippen molar-refractivity contribution in [3.63, 3.8) is 0 Å². The van der Waals surface area contributed by atoms with Gasteiger partial charge in [-0.2, -0.15) is 0 Å². The third-order valence-electron chi connectivity index (χ3n) is 4.10. The molecule has 0 aromatic heterocycles. The minimum atomic E-state index is -1.11. The third-order valence-corrected chi connectivity index (χ3v) is 4.10. The number of phenols is 1. The molecular formula is C19H34O5. The Bertz CT molecular complexity index is 412. The van der Waals surface area contributed by atoms with E-state index in [1.165, 1.54) is 24.8 Å². The van der Waals surface area contributed by atoms with Crippen LogP contribution >= 0.6 is 0 Å². The predicted octanol–water partition coefficient (Wildman–Crippen LogP) is 2.02. The average molecular weight is 342 g/mol. The Morgan fingerprint density at radius 1 is 0.792 bits per heavy atom. The van der Waals surface area contributed by atoms with E-state index in [9.17, 15) is 5.11 Å². The summed E-state index contributed by atoms with van der Waals surface area (Å²) in [4.78, 5) is 0. The van der Waals surface area contributed by atoms with E-state index in [4.69, 9.17) is 20.4 Å². The molecule has 0 aliphatic carbocycles. The highest BCUT2D eigenvalue weighted by Gasteiger charge is 2.26. The zero-order chi connectivity index (χ0) is 18.4. The van der Waals surface area contributed by atoms with E-state index in [0.717, 1.165) is 24.8 Å². The van der Waals surface area contributed by atoms with Gasteiger partial charge in [0.1, 0.15) is 5.75 Å². The van der Waals surface area contributed by atoms with E-state index in [1.54, 1.807) is 0 Å². The van der Waals surface area contributed by atoms with E-state index >= 15 is 0 Å². The maximum absolute atomic E-state index is 9.69. The van der Waals surface area contributed by atoms with Gasteiger partial charge in [-0.3, -0.25) is 0 Å². The van der Waals surface area contributed by atoms with Gasteiger partial charge >= 0.3 is 0 Å². The molecule has 5 heteroatoms. The summed E-state index contributed by atoms with van der Waals surface area (Å²) in [5.41, 5.74) is 1.37. The van der Waals surface area contributed by atoms with Gasteiger partial charge in [0.25, 0.3) is 0 Å². The molecule has 1 aromatic carbocycles. The van der Waals surface area contributed by atoms with E-state index in [0.29, 0.717) is 5.75 Å². The van der Waals surface area contributed by atoms with Crippen molar-refractivity contribution in [3.8, 4) is 5.75 Å². The summed E-state index contributed by atoms with van der Waals surface area (Å²) in [5.74, 6) is 0.462. The second kappa shape index (κ2) is 13.2. The largest absolute Gasteiger partial charge is 0.508 e. The monoisotopic (exact) mass is 342 g/mol. The minimum Gasteiger partial charge on any atom is -0.508 e. The first-order valence-corrected chi connectivity index (χ1v) is 8.76. The maximum Gasteiger partial charge on any atom is 0.118 e. The number of hydrogen-bond donors (Lipinski definition) is 5. The second-order valence-corrected chi connectivity index (χ2v) is 6.30. The topological polar surface area (TPSA) is 101 Å². The Hall–Kier alpha value is -1.14. The molecule has 0 unspecified atom stereocenters. The summed E-state index contributed by atoms with van der Waals surface area (Å²) in [7, 11) is 0. The molecule has 140 valence electrons. The third kappa shape index (κ3) is 8.11. The van der Waals surface area contributed by atoms with Crippen LogP contribution in [0.5, 0.6) is 5.75 Å². The van der Waals surface area contributed by atoms with E-state index < -0.39 is 31.8 Å². The van der Waals surface area contributed by atoms with Gasteiger partial charge in [-0.1, -0.05) is 38.8 Å². The number of benzene rings is 1. The van der Waals surface area contributed by atoms with Crippen LogP contribution in [0.3, 0.4) is 0 Å². The molecule has 0 radical (unpaired) electrons. The number of phenolic OH excluding ortho intramolecular Hbond substituents is 1. The molecule has 5 N–H and O–H groups in total. The van der Waals surface area contributed by atoms with E-state index in [-0.39, 0.29) is 0 Å². The van der Waals surface area contributed by atoms with Gasteiger partial charge in [-0.05, 0) is 42.9 Å². The average Bonchev–Trinajstić information content (AvgIpc) is 2.63. The van der Waals surface area contributed by atoms with Gasteiger partial charge in [-0.25, -0.2) is 0 Å². The van der Waals surface area contributed by atoms with Crippen molar-refractivity contribution in [2.75, 3.05) is 26.4 Å². The SMILES string of the molecule is CCCCc1ccc(O)c(CCCC)c1.OCC(CO)(CO)CO. The standard InChI is InChI=1S/C14H22O.C5H12O4/c1-3-5-7-12-9-10-14(15)13(11-12)8-6-4-2;6-1-5(2-7,3-8)4-9/h9-11,15H,3-8H2,1-2H3;6-9H,1-4H2. The zero-order valence-electron chi connectivity index (χ0n) is 15.0. The molecule has 0 heterocycles. The van der Waals surface area contributed by atoms with Gasteiger partial charge in [0.2, 0.25) is 0 Å². The molecular weight excluding hydrogens is 308 g/mol. The minimum absolute atomic E-state index is 0.406. The molecule has 24 heavy (non-hydrogen) atoms. The summed E-state index contributed by atoms with van der Waals surface area (Å²) in [5, 5.41) is 43.7. The second-order valence-electron chi connectivity index (χ2n) is 6.30. The predicted molar refractivity (Wildman–Crippen MR) is 96.1 cm³/mol. The molecule has 0 fully saturated rings. The summed E-state index contributed by atoms with van der Waals surface area (Å²) in [6.45, 7) is 2.76. The highest BCUT2D eigenvalue weighted by Crippen LogP contribution is 2.21. The summed E-state index contributed by atoms with van der Waals surface area (Å²) < 4.78 is 0. The van der Waals surface area contributed by atoms with Crippen molar-refractivity contribution in [1.29, 1.82) is 0 Å². The molecule has 1 aromatic rings. The Morgan fingerprint density at radius 2 is 1.29 bits per heavy atom. The lowest BCUT2D eigenvalue weighted by molar-refractivity contribution is -0.0328. The fourth-order valence-electron chi connectivity index (χ4n) is 2.04. The van der Waals surface area contributed by atoms with Crippen LogP contribution in [-0.4, -0.2) is 52.0 Å². The fraction of sp³-hybridized carbons (Fsp3) is 0.684. The molecule has 0 spiro atoms. The Morgan fingerprint density at radius 3 is 1.71 bits per heavy atom. The van der Waals surface area contributed by atoms with Gasteiger partial charge in [0, 0.05) is 0 Å². The number of hydrogen-bond acceptors (Lipinski definition) is 5. The van der Waals surface area contributed by atoms with Crippen LogP contribution < -0.4 is 0 Å². The highest BCUT2D eigenvalue weighted by molar-refractivity contribution is 5.36. The number of aliphatic hydroxyl groups is 4. The molecule has 0 saturated heterocycles. The Labute approximate surface area is 145 Å². The van der Waals surface area contributed by atoms with Crippen LogP contribution in [0.15, 0.2) is 18.2 Å². The van der Waals surface area contributed by atoms with Gasteiger partial charge in [0.15, 0.2) is 0 Å². The van der Waals surface area contributed by atoms with Crippen molar-refractivity contribution in [2.24, 2.45) is 5.41 Å². The molecule has 1 rings (SSSR count). The number of aliphatic hydroxyl groups excluding tert-OH is 4. The van der Waals surface area contributed by atoms with Crippen molar-refractivity contribution in [1.82, 2.24) is 0 Å². The fourth-order valence-corrected chi connectivity index (χ4v) is 2.04. The molecule has 0 atom stereocenters. The lowest BCUT2D eigenvalue weighted by atomic mass is 9.93. The molecule has 0 aliphatic rings. The lowest BCUT2D eigenvalue weighted by Gasteiger charge is -2.23. The smallest absolute Gasteiger partial charge is 0.118 e. The van der Waals surface area contributed by atoms with Crippen molar-refractivity contribution >= 4 is 0 Å². The normalized spacial score (nSPS) is 11.1. The number of unbranched alkanes of at least 4 members (excludes halogenated alkanes) is 2. The zero-order valence-corrected chi connectivity index (χ0v) is 15.0. The van der Waals surface area contributed by atoms with Crippen LogP contribution in [0.1, 0.15) is 50.7 Å². The number of aryl methyl sites for hydroxylation is 2.